The third-order valence-electron chi connectivity index (χ3n) is 6.34. The summed E-state index contributed by atoms with van der Waals surface area (Å²) in [4.78, 5) is 29.7. The number of rotatable bonds is 4. The van der Waals surface area contributed by atoms with Crippen LogP contribution in [0.3, 0.4) is 0 Å². The second-order valence-corrected chi connectivity index (χ2v) is 8.63. The normalized spacial score (nSPS) is 15.0. The van der Waals surface area contributed by atoms with Gasteiger partial charge in [0.1, 0.15) is 18.2 Å². The number of nitrogens with one attached hydrogen (secondary N) is 2. The number of allylic oxidation sites excluding steroid dienone is 1. The molecule has 0 aliphatic carbocycles. The summed E-state index contributed by atoms with van der Waals surface area (Å²) < 4.78 is 1.72. The average Bonchev–Trinajstić information content (AvgIpc) is 3.46. The van der Waals surface area contributed by atoms with Gasteiger partial charge in [0.15, 0.2) is 5.82 Å². The van der Waals surface area contributed by atoms with Gasteiger partial charge >= 0.3 is 0 Å². The van der Waals surface area contributed by atoms with Crippen LogP contribution in [0.1, 0.15) is 16.8 Å². The van der Waals surface area contributed by atoms with Gasteiger partial charge in [-0.2, -0.15) is 5.10 Å². The van der Waals surface area contributed by atoms with Crippen LogP contribution >= 0.6 is 0 Å². The molecule has 6 heterocycles. The Morgan fingerprint density at radius 2 is 2.00 bits per heavy atom. The van der Waals surface area contributed by atoms with E-state index in [0.717, 1.165) is 50.8 Å². The number of nitrogens with two attached hydrogens (primary N) is 1. The lowest BCUT2D eigenvalue weighted by molar-refractivity contribution is -0.121. The highest BCUT2D eigenvalue weighted by molar-refractivity contribution is 5.96. The molecule has 2 aliphatic heterocycles. The fourth-order valence-electron chi connectivity index (χ4n) is 4.52. The molecule has 6 rings (SSSR count). The Kier molecular flexibility index (Phi) is 4.98. The Hall–Kier alpha value is -4.60. The van der Waals surface area contributed by atoms with E-state index >= 15 is 0 Å². The molecule has 10 nitrogen and oxygen atoms in total. The van der Waals surface area contributed by atoms with E-state index in [0.29, 0.717) is 30.5 Å². The van der Waals surface area contributed by atoms with E-state index in [9.17, 15) is 4.79 Å². The number of amides is 1. The fourth-order valence-corrected chi connectivity index (χ4v) is 4.52. The summed E-state index contributed by atoms with van der Waals surface area (Å²) in [6.07, 6.45) is 9.96. The van der Waals surface area contributed by atoms with E-state index < -0.39 is 0 Å². The van der Waals surface area contributed by atoms with Gasteiger partial charge in [-0.3, -0.25) is 19.5 Å². The second kappa shape index (κ2) is 8.32. The first-order valence-electron chi connectivity index (χ1n) is 11.4. The number of aromatic nitrogens is 5. The zero-order valence-electron chi connectivity index (χ0n) is 19.1. The van der Waals surface area contributed by atoms with E-state index in [1.165, 1.54) is 0 Å². The fraction of sp³-hybridized carbons (Fsp3) is 0.200. The summed E-state index contributed by atoms with van der Waals surface area (Å²) in [5, 5.41) is 12.3. The van der Waals surface area contributed by atoms with Gasteiger partial charge in [0.25, 0.3) is 0 Å². The van der Waals surface area contributed by atoms with Crippen molar-refractivity contribution >= 4 is 45.9 Å². The molecule has 0 unspecified atom stereocenters. The molecule has 4 aromatic heterocycles. The first-order valence-corrected chi connectivity index (χ1v) is 11.4. The smallest absolute Gasteiger partial charge is 0.241 e. The van der Waals surface area contributed by atoms with Crippen LogP contribution in [0.5, 0.6) is 0 Å². The van der Waals surface area contributed by atoms with Crippen LogP contribution in [0.2, 0.25) is 0 Å². The van der Waals surface area contributed by atoms with Gasteiger partial charge in [-0.25, -0.2) is 9.97 Å². The number of nitrogen functional groups attached to an aromatic ring is 1. The zero-order valence-corrected chi connectivity index (χ0v) is 19.1. The highest BCUT2D eigenvalue weighted by Gasteiger charge is 2.17. The van der Waals surface area contributed by atoms with Crippen molar-refractivity contribution in [3.8, 4) is 11.3 Å². The van der Waals surface area contributed by atoms with Crippen molar-refractivity contribution in [3.05, 3.63) is 59.7 Å². The highest BCUT2D eigenvalue weighted by atomic mass is 16.2. The van der Waals surface area contributed by atoms with Crippen molar-refractivity contribution in [1.29, 1.82) is 0 Å². The van der Waals surface area contributed by atoms with Gasteiger partial charge < -0.3 is 16.4 Å². The second-order valence-electron chi connectivity index (χ2n) is 8.63. The maximum absolute atomic E-state index is 11.8. The third kappa shape index (κ3) is 3.88. The molecule has 4 N–H and O–H groups in total. The van der Waals surface area contributed by atoms with E-state index in [2.05, 4.69) is 42.6 Å². The first kappa shape index (κ1) is 21.0. The van der Waals surface area contributed by atoms with Gasteiger partial charge in [0, 0.05) is 66.0 Å². The quantitative estimate of drug-likeness (QED) is 0.421. The van der Waals surface area contributed by atoms with E-state index in [4.69, 9.17) is 5.73 Å². The van der Waals surface area contributed by atoms with Crippen molar-refractivity contribution < 1.29 is 4.79 Å². The third-order valence-corrected chi connectivity index (χ3v) is 6.34. The summed E-state index contributed by atoms with van der Waals surface area (Å²) in [7, 11) is 0. The van der Waals surface area contributed by atoms with Gasteiger partial charge in [0.2, 0.25) is 5.91 Å². The van der Waals surface area contributed by atoms with Crippen molar-refractivity contribution in [2.75, 3.05) is 24.1 Å². The number of aliphatic imine (C=N–C) groups is 1. The van der Waals surface area contributed by atoms with Crippen LogP contribution in [0.15, 0.2) is 47.9 Å². The summed E-state index contributed by atoms with van der Waals surface area (Å²) in [5.41, 5.74) is 12.3. The summed E-state index contributed by atoms with van der Waals surface area (Å²) >= 11 is 0. The van der Waals surface area contributed by atoms with Gasteiger partial charge in [-0.15, -0.1) is 0 Å². The average molecular weight is 466 g/mol. The molecule has 0 atom stereocenters. The molecule has 0 bridgehead atoms. The predicted octanol–water partition coefficient (Wildman–Crippen LogP) is 2.66. The Labute approximate surface area is 201 Å². The standard InChI is InChI=1S/C25H23N9O/c1-14-18(15-2-4-27-9-15)10-28-11-19(14)21-6-16-7-22(30-12-20(16)25(26)31-21)32-23-8-17-3-5-29-24(35)13-34(17)33-23/h2,4,6-8,10-12H,3,5,9,13H2,1H3,(H2,26,31)(H,29,35)(H,30,32,33). The van der Waals surface area contributed by atoms with Crippen LogP contribution in [-0.2, 0) is 17.8 Å². The molecule has 2 aliphatic rings. The molecule has 35 heavy (non-hydrogen) atoms. The Bertz CT molecular complexity index is 1550. The molecule has 0 fully saturated rings. The van der Waals surface area contributed by atoms with Crippen molar-refractivity contribution in [2.24, 2.45) is 4.99 Å². The SMILES string of the molecule is Cc1c(C2=CC=NC2)cncc1-c1cc2cc(Nc3cc4n(n3)CC(=O)NCC4)ncc2c(N)n1. The molecule has 4 aromatic rings. The minimum atomic E-state index is -0.0386. The summed E-state index contributed by atoms with van der Waals surface area (Å²) in [6.45, 7) is 3.54. The van der Waals surface area contributed by atoms with E-state index in [1.54, 1.807) is 10.9 Å². The lowest BCUT2D eigenvalue weighted by Crippen LogP contribution is -2.25. The van der Waals surface area contributed by atoms with E-state index in [1.807, 2.05) is 42.9 Å². The maximum atomic E-state index is 11.8. The predicted molar refractivity (Wildman–Crippen MR) is 135 cm³/mol. The zero-order chi connectivity index (χ0) is 23.9. The number of anilines is 3. The Morgan fingerprint density at radius 1 is 1.11 bits per heavy atom. The van der Waals surface area contributed by atoms with Crippen molar-refractivity contribution in [3.63, 3.8) is 0 Å². The number of carbonyl (C=O) groups is 1. The van der Waals surface area contributed by atoms with Gasteiger partial charge in [0.05, 0.1) is 12.2 Å². The van der Waals surface area contributed by atoms with Gasteiger partial charge in [-0.05, 0) is 41.7 Å². The van der Waals surface area contributed by atoms with Crippen LogP contribution in [0.25, 0.3) is 27.6 Å². The lowest BCUT2D eigenvalue weighted by atomic mass is 9.97. The minimum absolute atomic E-state index is 0.0386. The van der Waals surface area contributed by atoms with E-state index in [-0.39, 0.29) is 12.5 Å². The molecular weight excluding hydrogens is 442 g/mol. The minimum Gasteiger partial charge on any atom is -0.383 e. The molecule has 0 aromatic carbocycles. The van der Waals surface area contributed by atoms with Crippen molar-refractivity contribution in [1.82, 2.24) is 30.0 Å². The lowest BCUT2D eigenvalue weighted by Gasteiger charge is -2.13. The molecule has 10 heteroatoms. The molecule has 0 spiro atoms. The summed E-state index contributed by atoms with van der Waals surface area (Å²) in [5.74, 6) is 1.64. The summed E-state index contributed by atoms with van der Waals surface area (Å²) in [6, 6.07) is 5.87. The van der Waals surface area contributed by atoms with Crippen LogP contribution < -0.4 is 16.4 Å². The van der Waals surface area contributed by atoms with Gasteiger partial charge in [-0.1, -0.05) is 0 Å². The Balaban J connectivity index is 1.35. The Morgan fingerprint density at radius 3 is 2.86 bits per heavy atom. The molecule has 0 saturated heterocycles. The number of hydrogen-bond acceptors (Lipinski definition) is 8. The number of fused-ring (bicyclic) bond motifs is 2. The topological polar surface area (TPSA) is 136 Å². The molecule has 0 saturated carbocycles. The monoisotopic (exact) mass is 465 g/mol. The first-order chi connectivity index (χ1) is 17.0. The number of carbonyl (C=O) groups excluding carboxylic acids is 1. The van der Waals surface area contributed by atoms with Crippen LogP contribution in [0.4, 0.5) is 17.5 Å². The van der Waals surface area contributed by atoms with Crippen LogP contribution in [0, 0.1) is 6.92 Å². The number of nitrogens with zero attached hydrogens (tertiary/aromatic N) is 6. The molecule has 0 radical (unpaired) electrons. The highest BCUT2D eigenvalue weighted by Crippen LogP contribution is 2.32. The van der Waals surface area contributed by atoms with Crippen LogP contribution in [-0.4, -0.2) is 49.9 Å². The molecule has 1 amide bonds. The number of pyridine rings is 3. The largest absolute Gasteiger partial charge is 0.383 e. The molecular formula is C25H23N9O. The number of hydrogen-bond donors (Lipinski definition) is 3. The maximum Gasteiger partial charge on any atom is 0.241 e. The molecule has 174 valence electrons. The van der Waals surface area contributed by atoms with Crippen molar-refractivity contribution in [2.45, 2.75) is 19.9 Å².